The summed E-state index contributed by atoms with van der Waals surface area (Å²) in [6.45, 7) is 10.2. The fourth-order valence-corrected chi connectivity index (χ4v) is 4.11. The van der Waals surface area contributed by atoms with Crippen molar-refractivity contribution in [3.63, 3.8) is 0 Å². The number of rotatable bonds is 7. The van der Waals surface area contributed by atoms with Crippen molar-refractivity contribution in [2.75, 3.05) is 13.1 Å². The van der Waals surface area contributed by atoms with E-state index in [2.05, 4.69) is 11.4 Å². The van der Waals surface area contributed by atoms with Gasteiger partial charge in [0, 0.05) is 25.2 Å². The summed E-state index contributed by atoms with van der Waals surface area (Å²) in [6, 6.07) is 13.9. The third-order valence-corrected chi connectivity index (χ3v) is 5.69. The Bertz CT molecular complexity index is 902. The van der Waals surface area contributed by atoms with Gasteiger partial charge < -0.3 is 15.0 Å². The number of piperidine rings is 1. The molecule has 2 aromatic carbocycles. The zero-order valence-electron chi connectivity index (χ0n) is 19.1. The predicted octanol–water partition coefficient (Wildman–Crippen LogP) is 4.40. The third kappa shape index (κ3) is 6.41. The van der Waals surface area contributed by atoms with Gasteiger partial charge in [-0.2, -0.15) is 0 Å². The van der Waals surface area contributed by atoms with Gasteiger partial charge in [0.15, 0.2) is 0 Å². The Kier molecular flexibility index (Phi) is 7.85. The molecule has 0 bridgehead atoms. The van der Waals surface area contributed by atoms with Crippen LogP contribution < -0.4 is 5.32 Å². The maximum Gasteiger partial charge on any atom is 0.253 e. The molecule has 1 N–H and O–H groups in total. The Labute approximate surface area is 185 Å². The monoisotopic (exact) mass is 422 g/mol. The standard InChI is InChI=1S/C26H34N2O3/c1-18(2)31-17-23-9-6-5-8-21(23)15-27-25(29)22-10-7-11-28(16-22)26(30)24-13-19(3)12-20(4)14-24/h5-6,8-9,12-14,18,22H,7,10-11,15-17H2,1-4H3,(H,27,29). The quantitative estimate of drug-likeness (QED) is 0.720. The molecule has 5 heteroatoms. The second-order valence-electron chi connectivity index (χ2n) is 8.81. The van der Waals surface area contributed by atoms with Crippen molar-refractivity contribution < 1.29 is 14.3 Å². The largest absolute Gasteiger partial charge is 0.374 e. The summed E-state index contributed by atoms with van der Waals surface area (Å²) < 4.78 is 5.73. The number of nitrogens with one attached hydrogen (secondary N) is 1. The molecule has 1 fully saturated rings. The SMILES string of the molecule is Cc1cc(C)cc(C(=O)N2CCCC(C(=O)NCc3ccccc3COC(C)C)C2)c1. The molecule has 1 aliphatic rings. The van der Waals surface area contributed by atoms with Crippen LogP contribution in [0.2, 0.25) is 0 Å². The molecule has 0 radical (unpaired) electrons. The normalized spacial score (nSPS) is 16.4. The molecule has 1 heterocycles. The number of hydrogen-bond donors (Lipinski definition) is 1. The van der Waals surface area contributed by atoms with Crippen LogP contribution in [-0.4, -0.2) is 35.9 Å². The summed E-state index contributed by atoms with van der Waals surface area (Å²) in [6.07, 6.45) is 1.80. The molecule has 1 aliphatic heterocycles. The van der Waals surface area contributed by atoms with Crippen LogP contribution >= 0.6 is 0 Å². The highest BCUT2D eigenvalue weighted by Crippen LogP contribution is 2.20. The number of carbonyl (C=O) groups is 2. The van der Waals surface area contributed by atoms with Crippen molar-refractivity contribution in [2.45, 2.75) is 59.8 Å². The minimum atomic E-state index is -0.178. The minimum absolute atomic E-state index is 0.0116. The lowest BCUT2D eigenvalue weighted by atomic mass is 9.96. The first kappa shape index (κ1) is 23.0. The van der Waals surface area contributed by atoms with Crippen LogP contribution in [0.3, 0.4) is 0 Å². The molecule has 1 saturated heterocycles. The van der Waals surface area contributed by atoms with Gasteiger partial charge in [0.1, 0.15) is 0 Å². The van der Waals surface area contributed by atoms with E-state index in [9.17, 15) is 9.59 Å². The van der Waals surface area contributed by atoms with E-state index in [1.807, 2.05) is 69.0 Å². The highest BCUT2D eigenvalue weighted by Gasteiger charge is 2.29. The summed E-state index contributed by atoms with van der Waals surface area (Å²) in [5, 5.41) is 3.08. The maximum absolute atomic E-state index is 13.0. The maximum atomic E-state index is 13.0. The number of ether oxygens (including phenoxy) is 1. The Hall–Kier alpha value is -2.66. The van der Waals surface area contributed by atoms with Crippen LogP contribution in [0.4, 0.5) is 0 Å². The van der Waals surface area contributed by atoms with E-state index in [-0.39, 0.29) is 23.8 Å². The fraction of sp³-hybridized carbons (Fsp3) is 0.462. The highest BCUT2D eigenvalue weighted by atomic mass is 16.5. The average Bonchev–Trinajstić information content (AvgIpc) is 2.75. The summed E-state index contributed by atoms with van der Waals surface area (Å²) in [5.74, 6) is -0.152. The first-order chi connectivity index (χ1) is 14.8. The van der Waals surface area contributed by atoms with Gasteiger partial charge in [-0.1, -0.05) is 41.5 Å². The number of nitrogens with zero attached hydrogens (tertiary/aromatic N) is 1. The Morgan fingerprint density at radius 3 is 2.45 bits per heavy atom. The van der Waals surface area contributed by atoms with Gasteiger partial charge in [-0.15, -0.1) is 0 Å². The molecule has 5 nitrogen and oxygen atoms in total. The van der Waals surface area contributed by atoms with Gasteiger partial charge >= 0.3 is 0 Å². The lowest BCUT2D eigenvalue weighted by Gasteiger charge is -2.32. The Morgan fingerprint density at radius 1 is 1.10 bits per heavy atom. The van der Waals surface area contributed by atoms with Gasteiger partial charge in [-0.05, 0) is 63.8 Å². The van der Waals surface area contributed by atoms with E-state index in [1.165, 1.54) is 0 Å². The van der Waals surface area contributed by atoms with Crippen molar-refractivity contribution in [1.29, 1.82) is 0 Å². The molecule has 166 valence electrons. The first-order valence-corrected chi connectivity index (χ1v) is 11.2. The molecule has 0 spiro atoms. The first-order valence-electron chi connectivity index (χ1n) is 11.2. The van der Waals surface area contributed by atoms with Crippen LogP contribution in [0.15, 0.2) is 42.5 Å². The van der Waals surface area contributed by atoms with Gasteiger partial charge in [-0.25, -0.2) is 0 Å². The topological polar surface area (TPSA) is 58.6 Å². The van der Waals surface area contributed by atoms with Gasteiger partial charge in [0.25, 0.3) is 5.91 Å². The van der Waals surface area contributed by atoms with Crippen molar-refractivity contribution in [1.82, 2.24) is 10.2 Å². The highest BCUT2D eigenvalue weighted by molar-refractivity contribution is 5.95. The lowest BCUT2D eigenvalue weighted by molar-refractivity contribution is -0.126. The van der Waals surface area contributed by atoms with E-state index < -0.39 is 0 Å². The van der Waals surface area contributed by atoms with Crippen LogP contribution in [0.1, 0.15) is 59.3 Å². The molecular formula is C26H34N2O3. The summed E-state index contributed by atoms with van der Waals surface area (Å²) in [7, 11) is 0. The number of hydrogen-bond acceptors (Lipinski definition) is 3. The fourth-order valence-electron chi connectivity index (χ4n) is 4.11. The van der Waals surface area contributed by atoms with Crippen LogP contribution in [0.25, 0.3) is 0 Å². The van der Waals surface area contributed by atoms with E-state index in [1.54, 1.807) is 0 Å². The summed E-state index contributed by atoms with van der Waals surface area (Å²) >= 11 is 0. The minimum Gasteiger partial charge on any atom is -0.374 e. The summed E-state index contributed by atoms with van der Waals surface area (Å²) in [5.41, 5.74) is 5.02. The molecule has 31 heavy (non-hydrogen) atoms. The second kappa shape index (κ2) is 10.6. The van der Waals surface area contributed by atoms with Crippen molar-refractivity contribution in [2.24, 2.45) is 5.92 Å². The van der Waals surface area contributed by atoms with Gasteiger partial charge in [0.2, 0.25) is 5.91 Å². The molecule has 1 unspecified atom stereocenters. The molecule has 0 aromatic heterocycles. The van der Waals surface area contributed by atoms with Crippen molar-refractivity contribution >= 4 is 11.8 Å². The molecular weight excluding hydrogens is 388 g/mol. The molecule has 0 aliphatic carbocycles. The third-order valence-electron chi connectivity index (χ3n) is 5.69. The Morgan fingerprint density at radius 2 is 1.77 bits per heavy atom. The number of amides is 2. The molecule has 2 aromatic rings. The number of carbonyl (C=O) groups excluding carboxylic acids is 2. The summed E-state index contributed by atoms with van der Waals surface area (Å²) in [4.78, 5) is 27.7. The smallest absolute Gasteiger partial charge is 0.253 e. The second-order valence-corrected chi connectivity index (χ2v) is 8.81. The number of aryl methyl sites for hydroxylation is 2. The zero-order valence-corrected chi connectivity index (χ0v) is 19.1. The number of benzene rings is 2. The van der Waals surface area contributed by atoms with E-state index in [0.717, 1.165) is 35.1 Å². The van der Waals surface area contributed by atoms with E-state index in [4.69, 9.17) is 4.74 Å². The predicted molar refractivity (Wildman–Crippen MR) is 123 cm³/mol. The molecule has 3 rings (SSSR count). The van der Waals surface area contributed by atoms with Crippen molar-refractivity contribution in [3.05, 3.63) is 70.3 Å². The van der Waals surface area contributed by atoms with Crippen LogP contribution in [0.5, 0.6) is 0 Å². The van der Waals surface area contributed by atoms with Crippen LogP contribution in [0, 0.1) is 19.8 Å². The zero-order chi connectivity index (χ0) is 22.4. The Balaban J connectivity index is 1.59. The molecule has 2 amide bonds. The average molecular weight is 423 g/mol. The van der Waals surface area contributed by atoms with Crippen LogP contribution in [-0.2, 0) is 22.7 Å². The molecule has 0 saturated carbocycles. The lowest BCUT2D eigenvalue weighted by Crippen LogP contribution is -2.45. The van der Waals surface area contributed by atoms with Gasteiger partial charge in [-0.3, -0.25) is 9.59 Å². The molecule has 1 atom stereocenters. The van der Waals surface area contributed by atoms with E-state index >= 15 is 0 Å². The number of likely N-dealkylation sites (tertiary alicyclic amines) is 1. The van der Waals surface area contributed by atoms with E-state index in [0.29, 0.717) is 31.8 Å². The van der Waals surface area contributed by atoms with Gasteiger partial charge in [0.05, 0.1) is 18.6 Å². The van der Waals surface area contributed by atoms with Crippen molar-refractivity contribution in [3.8, 4) is 0 Å².